The molecule has 5 nitrogen and oxygen atoms in total. The van der Waals surface area contributed by atoms with E-state index in [1.54, 1.807) is 15.8 Å². The molecule has 1 aliphatic rings. The number of fused-ring (bicyclic) bond motifs is 2. The molecule has 20 heavy (non-hydrogen) atoms. The molecule has 3 rings (SSSR count). The maximum atomic E-state index is 12.6. The smallest absolute Gasteiger partial charge is 0.263 e. The Morgan fingerprint density at radius 3 is 2.40 bits per heavy atom. The van der Waals surface area contributed by atoms with Gasteiger partial charge in [0.25, 0.3) is 5.91 Å². The highest BCUT2D eigenvalue weighted by atomic mass is 16.2. The average molecular weight is 270 g/mol. The molecule has 0 bridgehead atoms. The van der Waals surface area contributed by atoms with Gasteiger partial charge in [0.1, 0.15) is 11.4 Å². The van der Waals surface area contributed by atoms with Crippen LogP contribution in [0.5, 0.6) is 0 Å². The zero-order valence-corrected chi connectivity index (χ0v) is 12.2. The van der Waals surface area contributed by atoms with Crippen LogP contribution >= 0.6 is 0 Å². The number of aryl methyl sites for hydroxylation is 1. The SMILES string of the molecule is CC(C)N1c2ccccc2N(C)C(=O)c2cnn(C)c21. The zero-order valence-electron chi connectivity index (χ0n) is 12.2. The summed E-state index contributed by atoms with van der Waals surface area (Å²) < 4.78 is 1.77. The van der Waals surface area contributed by atoms with Gasteiger partial charge in [-0.05, 0) is 26.0 Å². The molecular formula is C15H18N4O. The van der Waals surface area contributed by atoms with Gasteiger partial charge < -0.3 is 9.80 Å². The van der Waals surface area contributed by atoms with Crippen molar-refractivity contribution in [2.75, 3.05) is 16.8 Å². The summed E-state index contributed by atoms with van der Waals surface area (Å²) >= 11 is 0. The van der Waals surface area contributed by atoms with Gasteiger partial charge in [-0.25, -0.2) is 0 Å². The van der Waals surface area contributed by atoms with Crippen molar-refractivity contribution >= 4 is 23.1 Å². The lowest BCUT2D eigenvalue weighted by atomic mass is 10.2. The molecule has 0 spiro atoms. The van der Waals surface area contributed by atoms with Gasteiger partial charge in [-0.15, -0.1) is 0 Å². The molecule has 0 N–H and O–H groups in total. The molecule has 0 aliphatic carbocycles. The van der Waals surface area contributed by atoms with Crippen molar-refractivity contribution < 1.29 is 4.79 Å². The van der Waals surface area contributed by atoms with Crippen LogP contribution in [0.1, 0.15) is 24.2 Å². The van der Waals surface area contributed by atoms with E-state index in [0.717, 1.165) is 17.2 Å². The second kappa shape index (κ2) is 4.37. The van der Waals surface area contributed by atoms with Crippen LogP contribution < -0.4 is 9.80 Å². The second-order valence-corrected chi connectivity index (χ2v) is 5.32. The van der Waals surface area contributed by atoms with Crippen molar-refractivity contribution in [3.63, 3.8) is 0 Å². The fourth-order valence-corrected chi connectivity index (χ4v) is 2.75. The van der Waals surface area contributed by atoms with Crippen molar-refractivity contribution in [3.05, 3.63) is 36.0 Å². The first kappa shape index (κ1) is 12.7. The van der Waals surface area contributed by atoms with E-state index in [4.69, 9.17) is 0 Å². The van der Waals surface area contributed by atoms with Crippen LogP contribution in [0.15, 0.2) is 30.5 Å². The molecule has 5 heteroatoms. The Labute approximate surface area is 118 Å². The normalized spacial score (nSPS) is 14.3. The van der Waals surface area contributed by atoms with Crippen LogP contribution in [0.25, 0.3) is 0 Å². The summed E-state index contributed by atoms with van der Waals surface area (Å²) in [5.74, 6) is 0.825. The molecule has 1 aromatic heterocycles. The first-order chi connectivity index (χ1) is 9.52. The highest BCUT2D eigenvalue weighted by Gasteiger charge is 2.32. The molecule has 0 saturated carbocycles. The summed E-state index contributed by atoms with van der Waals surface area (Å²) in [6.45, 7) is 4.23. The van der Waals surface area contributed by atoms with E-state index in [2.05, 4.69) is 23.8 Å². The summed E-state index contributed by atoms with van der Waals surface area (Å²) in [5.41, 5.74) is 2.59. The Bertz CT molecular complexity index is 674. The summed E-state index contributed by atoms with van der Waals surface area (Å²) in [6, 6.07) is 8.19. The Kier molecular flexibility index (Phi) is 2.78. The number of anilines is 3. The molecule has 0 saturated heterocycles. The van der Waals surface area contributed by atoms with E-state index >= 15 is 0 Å². The number of aromatic nitrogens is 2. The molecule has 1 aromatic carbocycles. The molecule has 0 unspecified atom stereocenters. The number of hydrogen-bond donors (Lipinski definition) is 0. The molecule has 0 fully saturated rings. The van der Waals surface area contributed by atoms with E-state index in [9.17, 15) is 4.79 Å². The number of hydrogen-bond acceptors (Lipinski definition) is 3. The Balaban J connectivity index is 2.35. The third-order valence-electron chi connectivity index (χ3n) is 3.69. The van der Waals surface area contributed by atoms with Crippen molar-refractivity contribution in [2.24, 2.45) is 7.05 Å². The van der Waals surface area contributed by atoms with E-state index in [1.165, 1.54) is 0 Å². The van der Waals surface area contributed by atoms with Gasteiger partial charge in [-0.1, -0.05) is 12.1 Å². The van der Waals surface area contributed by atoms with Crippen molar-refractivity contribution in [2.45, 2.75) is 19.9 Å². The van der Waals surface area contributed by atoms with Crippen LogP contribution in [0.2, 0.25) is 0 Å². The van der Waals surface area contributed by atoms with E-state index in [-0.39, 0.29) is 11.9 Å². The molecule has 1 amide bonds. The monoisotopic (exact) mass is 270 g/mol. The number of benzene rings is 1. The Morgan fingerprint density at radius 2 is 1.75 bits per heavy atom. The summed E-state index contributed by atoms with van der Waals surface area (Å²) in [5, 5.41) is 4.26. The molecule has 104 valence electrons. The Hall–Kier alpha value is -2.30. The molecule has 2 heterocycles. The molecular weight excluding hydrogens is 252 g/mol. The fraction of sp³-hybridized carbons (Fsp3) is 0.333. The lowest BCUT2D eigenvalue weighted by molar-refractivity contribution is 0.0994. The van der Waals surface area contributed by atoms with Gasteiger partial charge >= 0.3 is 0 Å². The molecule has 0 radical (unpaired) electrons. The minimum absolute atomic E-state index is 0.0244. The predicted molar refractivity (Wildman–Crippen MR) is 79.7 cm³/mol. The number of amides is 1. The van der Waals surface area contributed by atoms with E-state index in [1.807, 2.05) is 38.4 Å². The molecule has 0 atom stereocenters. The fourth-order valence-electron chi connectivity index (χ4n) is 2.75. The standard InChI is InChI=1S/C15H18N4O/c1-10(2)19-13-8-6-5-7-12(13)17(3)15(20)11-9-16-18(4)14(11)19/h5-10H,1-4H3. The number of carbonyl (C=O) groups is 1. The highest BCUT2D eigenvalue weighted by molar-refractivity contribution is 6.13. The second-order valence-electron chi connectivity index (χ2n) is 5.32. The number of carbonyl (C=O) groups excluding carboxylic acids is 1. The summed E-state index contributed by atoms with van der Waals surface area (Å²) in [7, 11) is 3.68. The van der Waals surface area contributed by atoms with Crippen LogP contribution in [-0.4, -0.2) is 28.8 Å². The van der Waals surface area contributed by atoms with Gasteiger partial charge in [0, 0.05) is 20.1 Å². The van der Waals surface area contributed by atoms with Crippen molar-refractivity contribution in [3.8, 4) is 0 Å². The quantitative estimate of drug-likeness (QED) is 0.799. The van der Waals surface area contributed by atoms with Crippen LogP contribution in [-0.2, 0) is 7.05 Å². The lowest BCUT2D eigenvalue weighted by Crippen LogP contribution is -2.28. The number of rotatable bonds is 1. The third kappa shape index (κ3) is 1.62. The third-order valence-corrected chi connectivity index (χ3v) is 3.69. The van der Waals surface area contributed by atoms with Crippen LogP contribution in [0.3, 0.4) is 0 Å². The van der Waals surface area contributed by atoms with Crippen molar-refractivity contribution in [1.29, 1.82) is 0 Å². The maximum Gasteiger partial charge on any atom is 0.263 e. The number of nitrogens with zero attached hydrogens (tertiary/aromatic N) is 4. The first-order valence-corrected chi connectivity index (χ1v) is 6.70. The van der Waals surface area contributed by atoms with Gasteiger partial charge in [0.2, 0.25) is 0 Å². The predicted octanol–water partition coefficient (Wildman–Crippen LogP) is 2.56. The van der Waals surface area contributed by atoms with Crippen molar-refractivity contribution in [1.82, 2.24) is 9.78 Å². The lowest BCUT2D eigenvalue weighted by Gasteiger charge is -2.29. The van der Waals surface area contributed by atoms with Gasteiger partial charge in [-0.3, -0.25) is 9.48 Å². The Morgan fingerprint density at radius 1 is 1.10 bits per heavy atom. The van der Waals surface area contributed by atoms with E-state index < -0.39 is 0 Å². The van der Waals surface area contributed by atoms with Crippen LogP contribution in [0.4, 0.5) is 17.2 Å². The van der Waals surface area contributed by atoms with Crippen LogP contribution in [0, 0.1) is 0 Å². The summed E-state index contributed by atoms with van der Waals surface area (Å²) in [6.07, 6.45) is 1.65. The minimum atomic E-state index is -0.0244. The molecule has 2 aromatic rings. The van der Waals surface area contributed by atoms with Gasteiger partial charge in [-0.2, -0.15) is 5.10 Å². The highest BCUT2D eigenvalue weighted by Crippen LogP contribution is 2.40. The topological polar surface area (TPSA) is 41.4 Å². The summed E-state index contributed by atoms with van der Waals surface area (Å²) in [4.78, 5) is 16.5. The van der Waals surface area contributed by atoms with Gasteiger partial charge in [0.05, 0.1) is 17.6 Å². The zero-order chi connectivity index (χ0) is 14.4. The average Bonchev–Trinajstić information content (AvgIpc) is 2.76. The largest absolute Gasteiger partial charge is 0.322 e. The van der Waals surface area contributed by atoms with E-state index in [0.29, 0.717) is 5.56 Å². The van der Waals surface area contributed by atoms with Gasteiger partial charge in [0.15, 0.2) is 0 Å². The minimum Gasteiger partial charge on any atom is -0.322 e. The number of para-hydroxylation sites is 2. The molecule has 1 aliphatic heterocycles. The first-order valence-electron chi connectivity index (χ1n) is 6.70. The maximum absolute atomic E-state index is 12.6.